The van der Waals surface area contributed by atoms with Crippen LogP contribution in [0.5, 0.6) is 0 Å². The molecule has 0 N–H and O–H groups in total. The molecule has 1 aromatic carbocycles. The second kappa shape index (κ2) is 5.23. The van der Waals surface area contributed by atoms with Crippen LogP contribution in [0.25, 0.3) is 0 Å². The summed E-state index contributed by atoms with van der Waals surface area (Å²) in [5.41, 5.74) is -0.249. The SMILES string of the molecule is N#Cc1ccc(C(=O)CCl)c(I)c1[N+](=O)[O-]. The number of carbonyl (C=O) groups excluding carboxylic acids is 1. The average Bonchev–Trinajstić information content (AvgIpc) is 2.26. The molecule has 0 unspecified atom stereocenters. The highest BCUT2D eigenvalue weighted by molar-refractivity contribution is 14.1. The molecule has 0 radical (unpaired) electrons. The van der Waals surface area contributed by atoms with Crippen LogP contribution in [-0.2, 0) is 0 Å². The van der Waals surface area contributed by atoms with Crippen molar-refractivity contribution in [2.45, 2.75) is 0 Å². The normalized spacial score (nSPS) is 9.56. The predicted octanol–water partition coefficient (Wildman–Crippen LogP) is 2.49. The van der Waals surface area contributed by atoms with Crippen molar-refractivity contribution in [1.82, 2.24) is 0 Å². The molecule has 0 saturated carbocycles. The number of nitrogens with zero attached hydrogens (tertiary/aromatic N) is 2. The van der Waals surface area contributed by atoms with Crippen LogP contribution in [0.3, 0.4) is 0 Å². The molecule has 0 aliphatic heterocycles. The van der Waals surface area contributed by atoms with E-state index in [1.165, 1.54) is 12.1 Å². The lowest BCUT2D eigenvalue weighted by Gasteiger charge is -2.03. The highest BCUT2D eigenvalue weighted by Crippen LogP contribution is 2.28. The molecule has 1 rings (SSSR count). The number of ketones is 1. The number of hydrogen-bond acceptors (Lipinski definition) is 4. The Morgan fingerprint density at radius 2 is 2.25 bits per heavy atom. The van der Waals surface area contributed by atoms with E-state index < -0.39 is 10.7 Å². The summed E-state index contributed by atoms with van der Waals surface area (Å²) in [6.07, 6.45) is 0. The smallest absolute Gasteiger partial charge is 0.293 e. The molecule has 0 atom stereocenters. The Labute approximate surface area is 109 Å². The van der Waals surface area contributed by atoms with Crippen LogP contribution in [0.2, 0.25) is 0 Å². The molecule has 0 spiro atoms. The van der Waals surface area contributed by atoms with Crippen molar-refractivity contribution in [3.63, 3.8) is 0 Å². The molecule has 0 amide bonds. The van der Waals surface area contributed by atoms with E-state index in [2.05, 4.69) is 0 Å². The minimum Gasteiger partial charge on any atom is -0.293 e. The highest BCUT2D eigenvalue weighted by atomic mass is 127. The molecule has 16 heavy (non-hydrogen) atoms. The fourth-order valence-electron chi connectivity index (χ4n) is 1.12. The Morgan fingerprint density at radius 1 is 1.62 bits per heavy atom. The summed E-state index contributed by atoms with van der Waals surface area (Å²) in [5, 5.41) is 19.5. The summed E-state index contributed by atoms with van der Waals surface area (Å²) in [7, 11) is 0. The third-order valence-electron chi connectivity index (χ3n) is 1.84. The van der Waals surface area contributed by atoms with Gasteiger partial charge in [0, 0.05) is 5.56 Å². The number of alkyl halides is 1. The molecule has 0 fully saturated rings. The number of halogens is 2. The molecule has 5 nitrogen and oxygen atoms in total. The average molecular weight is 350 g/mol. The van der Waals surface area contributed by atoms with Gasteiger partial charge in [0.1, 0.15) is 15.2 Å². The van der Waals surface area contributed by atoms with Crippen molar-refractivity contribution in [2.75, 3.05) is 5.88 Å². The number of benzene rings is 1. The van der Waals surface area contributed by atoms with Gasteiger partial charge in [0.05, 0.1) is 10.8 Å². The third-order valence-corrected chi connectivity index (χ3v) is 3.18. The molecule has 82 valence electrons. The van der Waals surface area contributed by atoms with E-state index in [1.54, 1.807) is 28.7 Å². The maximum atomic E-state index is 11.4. The first kappa shape index (κ1) is 12.9. The van der Waals surface area contributed by atoms with Crippen molar-refractivity contribution in [1.29, 1.82) is 5.26 Å². The standard InChI is InChI=1S/C9H4ClIN2O3/c10-3-7(14)6-2-1-5(4-12)9(8(6)11)13(15)16/h1-2H,3H2. The lowest BCUT2D eigenvalue weighted by molar-refractivity contribution is -0.386. The van der Waals surface area contributed by atoms with E-state index in [9.17, 15) is 14.9 Å². The number of hydrogen-bond donors (Lipinski definition) is 0. The molecule has 1 aromatic rings. The van der Waals surface area contributed by atoms with Crippen LogP contribution in [0.15, 0.2) is 12.1 Å². The Balaban J connectivity index is 3.51. The maximum Gasteiger partial charge on any atom is 0.301 e. The van der Waals surface area contributed by atoms with Gasteiger partial charge in [0.2, 0.25) is 0 Å². The van der Waals surface area contributed by atoms with Gasteiger partial charge in [-0.1, -0.05) is 0 Å². The molecule has 0 saturated heterocycles. The monoisotopic (exact) mass is 350 g/mol. The van der Waals surface area contributed by atoms with Crippen LogP contribution >= 0.6 is 34.2 Å². The zero-order valence-corrected chi connectivity index (χ0v) is 10.7. The fraction of sp³-hybridized carbons (Fsp3) is 0.111. The van der Waals surface area contributed by atoms with E-state index in [0.717, 1.165) is 0 Å². The third kappa shape index (κ3) is 2.31. The van der Waals surface area contributed by atoms with Crippen molar-refractivity contribution >= 4 is 45.7 Å². The second-order valence-electron chi connectivity index (χ2n) is 2.75. The topological polar surface area (TPSA) is 84.0 Å². The molecule has 7 heteroatoms. The molecule has 0 bridgehead atoms. The number of Topliss-reactive ketones (excluding diaryl/α,β-unsaturated/α-hetero) is 1. The van der Waals surface area contributed by atoms with Gasteiger partial charge in [0.25, 0.3) is 0 Å². The van der Waals surface area contributed by atoms with Gasteiger partial charge in [0.15, 0.2) is 5.78 Å². The second-order valence-corrected chi connectivity index (χ2v) is 4.10. The maximum absolute atomic E-state index is 11.4. The van der Waals surface area contributed by atoms with Crippen molar-refractivity contribution < 1.29 is 9.72 Å². The molecular formula is C9H4ClIN2O3. The van der Waals surface area contributed by atoms with Gasteiger partial charge in [-0.25, -0.2) is 0 Å². The first-order chi connectivity index (χ1) is 7.52. The number of nitriles is 1. The lowest BCUT2D eigenvalue weighted by Crippen LogP contribution is -2.06. The number of rotatable bonds is 3. The van der Waals surface area contributed by atoms with E-state index >= 15 is 0 Å². The minimum atomic E-state index is -0.675. The summed E-state index contributed by atoms with van der Waals surface area (Å²) in [6, 6.07) is 4.33. The van der Waals surface area contributed by atoms with Crippen molar-refractivity contribution in [3.8, 4) is 6.07 Å². The first-order valence-electron chi connectivity index (χ1n) is 3.99. The number of nitro benzene ring substituents is 1. The van der Waals surface area contributed by atoms with E-state index in [0.29, 0.717) is 0 Å². The van der Waals surface area contributed by atoms with Gasteiger partial charge in [-0.3, -0.25) is 14.9 Å². The van der Waals surface area contributed by atoms with Crippen LogP contribution in [-0.4, -0.2) is 16.6 Å². The summed E-state index contributed by atoms with van der Waals surface area (Å²) >= 11 is 7.05. The summed E-state index contributed by atoms with van der Waals surface area (Å²) < 4.78 is 0.146. The quantitative estimate of drug-likeness (QED) is 0.276. The number of nitro groups is 1. The summed E-state index contributed by atoms with van der Waals surface area (Å²) in [6.45, 7) is 0. The van der Waals surface area contributed by atoms with Gasteiger partial charge in [-0.15, -0.1) is 11.6 Å². The summed E-state index contributed by atoms with van der Waals surface area (Å²) in [5.74, 6) is -0.655. The highest BCUT2D eigenvalue weighted by Gasteiger charge is 2.23. The van der Waals surface area contributed by atoms with E-state index in [-0.39, 0.29) is 26.3 Å². The van der Waals surface area contributed by atoms with Gasteiger partial charge >= 0.3 is 5.69 Å². The minimum absolute atomic E-state index is 0.0690. The first-order valence-corrected chi connectivity index (χ1v) is 5.60. The van der Waals surface area contributed by atoms with E-state index in [1.807, 2.05) is 0 Å². The van der Waals surface area contributed by atoms with Crippen LogP contribution in [0, 0.1) is 25.0 Å². The summed E-state index contributed by atoms with van der Waals surface area (Å²) in [4.78, 5) is 21.5. The lowest BCUT2D eigenvalue weighted by atomic mass is 10.1. The number of carbonyl (C=O) groups is 1. The Bertz CT molecular complexity index is 510. The van der Waals surface area contributed by atoms with E-state index in [4.69, 9.17) is 16.9 Å². The molecule has 0 aliphatic carbocycles. The zero-order chi connectivity index (χ0) is 12.3. The van der Waals surface area contributed by atoms with Crippen LogP contribution in [0.1, 0.15) is 15.9 Å². The molecule has 0 heterocycles. The Hall–Kier alpha value is -1.20. The molecular weight excluding hydrogens is 346 g/mol. The fourth-order valence-corrected chi connectivity index (χ4v) is 2.23. The van der Waals surface area contributed by atoms with Gasteiger partial charge in [-0.05, 0) is 34.7 Å². The zero-order valence-electron chi connectivity index (χ0n) is 7.74. The van der Waals surface area contributed by atoms with Crippen LogP contribution in [0.4, 0.5) is 5.69 Å². The largest absolute Gasteiger partial charge is 0.301 e. The van der Waals surface area contributed by atoms with Crippen LogP contribution < -0.4 is 0 Å². The molecule has 0 aromatic heterocycles. The predicted molar refractivity (Wildman–Crippen MR) is 65.6 cm³/mol. The van der Waals surface area contributed by atoms with Crippen molar-refractivity contribution in [2.24, 2.45) is 0 Å². The Kier molecular flexibility index (Phi) is 4.20. The van der Waals surface area contributed by atoms with Gasteiger partial charge in [-0.2, -0.15) is 5.26 Å². The Morgan fingerprint density at radius 3 is 2.69 bits per heavy atom. The van der Waals surface area contributed by atoms with Gasteiger partial charge < -0.3 is 0 Å². The van der Waals surface area contributed by atoms with Crippen molar-refractivity contribution in [3.05, 3.63) is 36.9 Å². The molecule has 0 aliphatic rings.